The van der Waals surface area contributed by atoms with Gasteiger partial charge in [0.05, 0.1) is 12.6 Å². The summed E-state index contributed by atoms with van der Waals surface area (Å²) < 4.78 is 1.83. The van der Waals surface area contributed by atoms with Crippen LogP contribution in [-0.2, 0) is 4.79 Å². The summed E-state index contributed by atoms with van der Waals surface area (Å²) in [4.78, 5) is 11.5. The van der Waals surface area contributed by atoms with Gasteiger partial charge in [-0.05, 0) is 11.0 Å². The lowest BCUT2D eigenvalue weighted by Gasteiger charge is -2.47. The molecule has 1 aliphatic rings. The van der Waals surface area contributed by atoms with E-state index in [1.54, 1.807) is 0 Å². The first-order valence-corrected chi connectivity index (χ1v) is 6.91. The lowest BCUT2D eigenvalue weighted by Crippen LogP contribution is -2.71. The lowest BCUT2D eigenvalue weighted by atomic mass is 9.93. The molecule has 4 nitrogen and oxygen atoms in total. The van der Waals surface area contributed by atoms with E-state index in [1.165, 1.54) is 0 Å². The quantitative estimate of drug-likeness (QED) is 0.505. The first kappa shape index (κ1) is 12.7. The van der Waals surface area contributed by atoms with E-state index in [0.29, 0.717) is 5.54 Å². The smallest absolute Gasteiger partial charge is 0.233 e. The van der Waals surface area contributed by atoms with E-state index < -0.39 is 15.7 Å². The molecule has 0 saturated carbocycles. The number of nitrogens with two attached hydrogens (primary N) is 1. The van der Waals surface area contributed by atoms with Gasteiger partial charge in [-0.15, -0.1) is 0 Å². The van der Waals surface area contributed by atoms with E-state index in [0.717, 1.165) is 0 Å². The van der Waals surface area contributed by atoms with Crippen LogP contribution in [0.3, 0.4) is 0 Å². The van der Waals surface area contributed by atoms with Crippen molar-refractivity contribution in [3.05, 3.63) is 0 Å². The monoisotopic (exact) mass is 230 g/mol. The molecule has 1 aliphatic heterocycles. The summed E-state index contributed by atoms with van der Waals surface area (Å²) in [5.41, 5.74) is 6.38. The zero-order valence-corrected chi connectivity index (χ0v) is 11.4. The van der Waals surface area contributed by atoms with E-state index in [1.807, 2.05) is 4.57 Å². The molecule has 3 atom stereocenters. The number of aliphatic hydroxyl groups is 1. The van der Waals surface area contributed by atoms with Gasteiger partial charge >= 0.3 is 0 Å². The number of amides is 1. The predicted molar refractivity (Wildman–Crippen MR) is 63.1 cm³/mol. The number of rotatable bonds is 3. The summed E-state index contributed by atoms with van der Waals surface area (Å²) in [6.07, 6.45) is 0. The maximum Gasteiger partial charge on any atom is 0.233 e. The molecule has 0 aliphatic carbocycles. The second-order valence-corrected chi connectivity index (χ2v) is 7.80. The van der Waals surface area contributed by atoms with Gasteiger partial charge in [-0.2, -0.15) is 0 Å². The molecule has 88 valence electrons. The van der Waals surface area contributed by atoms with Gasteiger partial charge in [-0.25, -0.2) is 0 Å². The first-order chi connectivity index (χ1) is 6.79. The molecule has 0 aromatic rings. The van der Waals surface area contributed by atoms with Crippen molar-refractivity contribution in [3.8, 4) is 0 Å². The number of aliphatic hydroxyl groups excluding tert-OH is 1. The fraction of sp³-hybridized carbons (Fsp3) is 0.900. The molecule has 0 aromatic carbocycles. The molecule has 15 heavy (non-hydrogen) atoms. The molecule has 1 rings (SSSR count). The minimum absolute atomic E-state index is 0.00320. The Morgan fingerprint density at radius 1 is 1.60 bits per heavy atom. The summed E-state index contributed by atoms with van der Waals surface area (Å²) >= 11 is 0. The molecule has 5 heteroatoms. The maximum atomic E-state index is 11.5. The van der Waals surface area contributed by atoms with Crippen LogP contribution >= 0.6 is 0 Å². The topological polar surface area (TPSA) is 66.6 Å². The third kappa shape index (κ3) is 2.41. The van der Waals surface area contributed by atoms with Crippen LogP contribution in [0, 0.1) is 5.41 Å². The number of hydrogen-bond acceptors (Lipinski definition) is 3. The Bertz CT molecular complexity index is 252. The fourth-order valence-corrected chi connectivity index (χ4v) is 3.78. The Balaban J connectivity index is 2.56. The average Bonchev–Trinajstić information content (AvgIpc) is 2.15. The number of β-lactam (4-membered cyclic amide) rings is 1. The molecule has 0 bridgehead atoms. The summed E-state index contributed by atoms with van der Waals surface area (Å²) in [6.45, 7) is 8.73. The third-order valence-electron chi connectivity index (χ3n) is 3.52. The standard InChI is InChI=1S/C10H22N2O2Si/c1-6(10(2,3)4)15-12-7(5-13)8(11)9(12)14/h6-8,13H,5,11,15H2,1-4H3. The van der Waals surface area contributed by atoms with E-state index in [-0.39, 0.29) is 24.0 Å². The summed E-state index contributed by atoms with van der Waals surface area (Å²) in [7, 11) is -0.651. The van der Waals surface area contributed by atoms with Crippen LogP contribution in [0.15, 0.2) is 0 Å². The summed E-state index contributed by atoms with van der Waals surface area (Å²) in [5.74, 6) is 0.0248. The highest BCUT2D eigenvalue weighted by Crippen LogP contribution is 2.32. The molecular weight excluding hydrogens is 208 g/mol. The Labute approximate surface area is 93.7 Å². The van der Waals surface area contributed by atoms with E-state index in [9.17, 15) is 4.79 Å². The number of carbonyl (C=O) groups excluding carboxylic acids is 1. The van der Waals surface area contributed by atoms with Crippen LogP contribution < -0.4 is 5.73 Å². The van der Waals surface area contributed by atoms with Crippen LogP contribution in [0.1, 0.15) is 27.7 Å². The zero-order chi connectivity index (χ0) is 11.8. The first-order valence-electron chi connectivity index (χ1n) is 5.46. The van der Waals surface area contributed by atoms with E-state index in [2.05, 4.69) is 27.7 Å². The van der Waals surface area contributed by atoms with Crippen molar-refractivity contribution >= 4 is 15.6 Å². The second kappa shape index (κ2) is 4.23. The van der Waals surface area contributed by atoms with Gasteiger partial charge in [0, 0.05) is 0 Å². The Hall–Kier alpha value is -0.393. The molecular formula is C10H22N2O2Si. The van der Waals surface area contributed by atoms with Crippen LogP contribution in [-0.4, -0.2) is 44.0 Å². The van der Waals surface area contributed by atoms with Gasteiger partial charge in [0.25, 0.3) is 0 Å². The number of hydrogen-bond donors (Lipinski definition) is 2. The normalized spacial score (nSPS) is 29.7. The van der Waals surface area contributed by atoms with E-state index in [4.69, 9.17) is 10.8 Å². The average molecular weight is 230 g/mol. The van der Waals surface area contributed by atoms with Crippen molar-refractivity contribution < 1.29 is 9.90 Å². The molecule has 1 saturated heterocycles. The fourth-order valence-electron chi connectivity index (χ4n) is 1.64. The largest absolute Gasteiger partial charge is 0.394 e. The number of nitrogens with zero attached hydrogens (tertiary/aromatic N) is 1. The van der Waals surface area contributed by atoms with Gasteiger partial charge in [-0.3, -0.25) is 4.79 Å². The molecule has 1 fully saturated rings. The second-order valence-electron chi connectivity index (χ2n) is 5.53. The summed E-state index contributed by atoms with van der Waals surface area (Å²) in [5, 5.41) is 9.11. The Morgan fingerprint density at radius 2 is 2.13 bits per heavy atom. The molecule has 1 amide bonds. The van der Waals surface area contributed by atoms with Crippen molar-refractivity contribution in [3.63, 3.8) is 0 Å². The van der Waals surface area contributed by atoms with Crippen molar-refractivity contribution in [1.29, 1.82) is 0 Å². The highest BCUT2D eigenvalue weighted by molar-refractivity contribution is 6.40. The zero-order valence-electron chi connectivity index (χ0n) is 10.0. The van der Waals surface area contributed by atoms with Crippen LogP contribution in [0.2, 0.25) is 5.54 Å². The predicted octanol–water partition coefficient (Wildman–Crippen LogP) is -0.545. The van der Waals surface area contributed by atoms with Crippen molar-refractivity contribution in [2.75, 3.05) is 6.61 Å². The summed E-state index contributed by atoms with van der Waals surface area (Å²) in [6, 6.07) is -0.580. The Kier molecular flexibility index (Phi) is 3.58. The van der Waals surface area contributed by atoms with Crippen molar-refractivity contribution in [2.24, 2.45) is 11.1 Å². The van der Waals surface area contributed by atoms with Gasteiger partial charge in [0.1, 0.15) is 15.7 Å². The minimum atomic E-state index is -0.651. The van der Waals surface area contributed by atoms with Crippen molar-refractivity contribution in [1.82, 2.24) is 4.57 Å². The van der Waals surface area contributed by atoms with E-state index >= 15 is 0 Å². The van der Waals surface area contributed by atoms with Crippen LogP contribution in [0.4, 0.5) is 0 Å². The van der Waals surface area contributed by atoms with Crippen LogP contribution in [0.25, 0.3) is 0 Å². The SMILES string of the molecule is CC([SiH2]N1C(=O)C(N)C1CO)C(C)(C)C. The highest BCUT2D eigenvalue weighted by Gasteiger charge is 2.45. The molecule has 0 radical (unpaired) electrons. The minimum Gasteiger partial charge on any atom is -0.394 e. The molecule has 0 spiro atoms. The molecule has 3 unspecified atom stereocenters. The van der Waals surface area contributed by atoms with Gasteiger partial charge < -0.3 is 15.4 Å². The van der Waals surface area contributed by atoms with Crippen LogP contribution in [0.5, 0.6) is 0 Å². The van der Waals surface area contributed by atoms with Gasteiger partial charge in [0.15, 0.2) is 0 Å². The van der Waals surface area contributed by atoms with Gasteiger partial charge in [-0.1, -0.05) is 27.7 Å². The highest BCUT2D eigenvalue weighted by atomic mass is 28.2. The maximum absolute atomic E-state index is 11.5. The molecule has 0 aromatic heterocycles. The van der Waals surface area contributed by atoms with Crippen molar-refractivity contribution in [2.45, 2.75) is 45.3 Å². The lowest BCUT2D eigenvalue weighted by molar-refractivity contribution is -0.142. The molecule has 3 N–H and O–H groups in total. The Morgan fingerprint density at radius 3 is 2.53 bits per heavy atom. The van der Waals surface area contributed by atoms with Gasteiger partial charge in [0.2, 0.25) is 5.91 Å². The molecule has 1 heterocycles. The third-order valence-corrected chi connectivity index (χ3v) is 6.47. The number of carbonyl (C=O) groups is 1.